The number of aromatic nitrogens is 1. The van der Waals surface area contributed by atoms with Crippen molar-refractivity contribution >= 4 is 10.8 Å². The number of alkyl halides is 2. The zero-order valence-electron chi connectivity index (χ0n) is 21.4. The Labute approximate surface area is 212 Å². The van der Waals surface area contributed by atoms with E-state index in [2.05, 4.69) is 48.3 Å². The van der Waals surface area contributed by atoms with Gasteiger partial charge in [-0.1, -0.05) is 31.2 Å². The molecule has 0 N–H and O–H groups in total. The molecule has 1 saturated heterocycles. The van der Waals surface area contributed by atoms with Gasteiger partial charge in [-0.05, 0) is 110 Å². The number of ether oxygens (including phenoxy) is 1. The summed E-state index contributed by atoms with van der Waals surface area (Å²) in [5, 5.41) is 2.46. The van der Waals surface area contributed by atoms with Crippen LogP contribution in [0, 0.1) is 11.3 Å². The quantitative estimate of drug-likeness (QED) is 0.460. The predicted octanol–water partition coefficient (Wildman–Crippen LogP) is 7.04. The average Bonchev–Trinajstić information content (AvgIpc) is 3.38. The Bertz CT molecular complexity index is 1270. The minimum atomic E-state index is -2.29. The van der Waals surface area contributed by atoms with Crippen molar-refractivity contribution in [2.24, 2.45) is 11.3 Å². The molecule has 3 heterocycles. The van der Waals surface area contributed by atoms with Crippen LogP contribution in [0.1, 0.15) is 69.8 Å². The summed E-state index contributed by atoms with van der Waals surface area (Å²) in [5.41, 5.74) is 3.94. The lowest BCUT2D eigenvalue weighted by Crippen LogP contribution is -2.55. The zero-order chi connectivity index (χ0) is 24.7. The maximum Gasteiger partial charge on any atom is 0.251 e. The number of hydrogen-bond acceptors (Lipinski definition) is 3. The van der Waals surface area contributed by atoms with Gasteiger partial charge in [0.15, 0.2) is 0 Å². The maximum absolute atomic E-state index is 13.1. The minimum Gasteiger partial charge on any atom is -0.359 e. The molecular formula is C31H36F2N2O. The largest absolute Gasteiger partial charge is 0.359 e. The van der Waals surface area contributed by atoms with Gasteiger partial charge in [0.2, 0.25) is 0 Å². The monoisotopic (exact) mass is 490 g/mol. The molecule has 1 aromatic carbocycles. The Balaban J connectivity index is 1.22. The van der Waals surface area contributed by atoms with Crippen molar-refractivity contribution in [3.8, 4) is 0 Å². The SMILES string of the molecule is CN(CC(F)F)[C@H]1CCC2=CC3=CCC4(C)C(c5ccc6ccncc6c5)CC[C@H]4[C@@]34CC[C@]2(C1)O4. The Hall–Kier alpha value is -2.11. The molecule has 2 spiro atoms. The lowest BCUT2D eigenvalue weighted by Gasteiger charge is -2.55. The summed E-state index contributed by atoms with van der Waals surface area (Å²) in [6.07, 6.45) is 14.8. The second kappa shape index (κ2) is 7.94. The Morgan fingerprint density at radius 1 is 1.14 bits per heavy atom. The number of allylic oxidation sites excluding steroid dienone is 1. The lowest BCUT2D eigenvalue weighted by atomic mass is 9.58. The molecule has 2 aromatic rings. The summed E-state index contributed by atoms with van der Waals surface area (Å²) in [4.78, 5) is 6.23. The topological polar surface area (TPSA) is 25.4 Å². The first-order valence-corrected chi connectivity index (χ1v) is 13.8. The van der Waals surface area contributed by atoms with Gasteiger partial charge >= 0.3 is 0 Å². The molecule has 190 valence electrons. The molecule has 3 nitrogen and oxygen atoms in total. The van der Waals surface area contributed by atoms with Crippen LogP contribution in [0.5, 0.6) is 0 Å². The van der Waals surface area contributed by atoms with Crippen LogP contribution in [0.3, 0.4) is 0 Å². The van der Waals surface area contributed by atoms with Crippen molar-refractivity contribution < 1.29 is 13.5 Å². The highest BCUT2D eigenvalue weighted by atomic mass is 19.3. The van der Waals surface area contributed by atoms with E-state index in [1.807, 2.05) is 24.3 Å². The molecule has 2 aliphatic heterocycles. The lowest BCUT2D eigenvalue weighted by molar-refractivity contribution is -0.141. The van der Waals surface area contributed by atoms with Gasteiger partial charge in [0.25, 0.3) is 6.43 Å². The summed E-state index contributed by atoms with van der Waals surface area (Å²) in [6.45, 7) is 2.35. The Kier molecular flexibility index (Phi) is 5.08. The minimum absolute atomic E-state index is 0.150. The maximum atomic E-state index is 13.1. The van der Waals surface area contributed by atoms with Crippen LogP contribution >= 0.6 is 0 Å². The molecule has 5 heteroatoms. The van der Waals surface area contributed by atoms with Crippen molar-refractivity contribution in [1.29, 1.82) is 0 Å². The van der Waals surface area contributed by atoms with Gasteiger partial charge in [-0.15, -0.1) is 0 Å². The van der Waals surface area contributed by atoms with Gasteiger partial charge in [-0.3, -0.25) is 9.88 Å². The molecule has 2 unspecified atom stereocenters. The van der Waals surface area contributed by atoms with E-state index in [-0.39, 0.29) is 29.2 Å². The molecule has 0 radical (unpaired) electrons. The normalized spacial score (nSPS) is 39.1. The van der Waals surface area contributed by atoms with Gasteiger partial charge in [0.05, 0.1) is 17.7 Å². The molecule has 2 bridgehead atoms. The molecule has 36 heavy (non-hydrogen) atoms. The molecule has 6 atom stereocenters. The third-order valence-corrected chi connectivity index (χ3v) is 10.8. The first-order chi connectivity index (χ1) is 17.3. The molecule has 3 aliphatic carbocycles. The molecule has 2 saturated carbocycles. The van der Waals surface area contributed by atoms with Gasteiger partial charge in [-0.2, -0.15) is 0 Å². The van der Waals surface area contributed by atoms with E-state index in [4.69, 9.17) is 4.74 Å². The predicted molar refractivity (Wildman–Crippen MR) is 138 cm³/mol. The Morgan fingerprint density at radius 3 is 2.89 bits per heavy atom. The smallest absolute Gasteiger partial charge is 0.251 e. The fraction of sp³-hybridized carbons (Fsp3) is 0.581. The average molecular weight is 491 g/mol. The van der Waals surface area contributed by atoms with Crippen LogP contribution in [0.2, 0.25) is 0 Å². The first-order valence-electron chi connectivity index (χ1n) is 13.8. The van der Waals surface area contributed by atoms with E-state index < -0.39 is 6.43 Å². The second-order valence-corrected chi connectivity index (χ2v) is 12.4. The highest BCUT2D eigenvalue weighted by Crippen LogP contribution is 2.69. The molecule has 1 aromatic heterocycles. The number of hydrogen-bond donors (Lipinski definition) is 0. The fourth-order valence-corrected chi connectivity index (χ4v) is 8.99. The highest BCUT2D eigenvalue weighted by molar-refractivity contribution is 5.82. The second-order valence-electron chi connectivity index (χ2n) is 12.4. The number of benzene rings is 1. The summed E-state index contributed by atoms with van der Waals surface area (Å²) in [7, 11) is 1.86. The van der Waals surface area contributed by atoms with E-state index in [1.165, 1.54) is 40.3 Å². The van der Waals surface area contributed by atoms with Crippen molar-refractivity contribution in [1.82, 2.24) is 9.88 Å². The Morgan fingerprint density at radius 2 is 2.03 bits per heavy atom. The van der Waals surface area contributed by atoms with Crippen LogP contribution < -0.4 is 0 Å². The van der Waals surface area contributed by atoms with Gasteiger partial charge in [0.1, 0.15) is 0 Å². The number of fused-ring (bicyclic) bond motifs is 2. The van der Waals surface area contributed by atoms with E-state index in [9.17, 15) is 8.78 Å². The van der Waals surface area contributed by atoms with Crippen LogP contribution in [0.25, 0.3) is 10.8 Å². The van der Waals surface area contributed by atoms with Gasteiger partial charge in [0, 0.05) is 23.8 Å². The summed E-state index contributed by atoms with van der Waals surface area (Å²) in [5.74, 6) is 0.983. The number of rotatable bonds is 4. The van der Waals surface area contributed by atoms with Crippen LogP contribution in [-0.2, 0) is 4.74 Å². The van der Waals surface area contributed by atoms with E-state index in [0.717, 1.165) is 38.5 Å². The zero-order valence-corrected chi connectivity index (χ0v) is 21.4. The molecular weight excluding hydrogens is 454 g/mol. The summed E-state index contributed by atoms with van der Waals surface area (Å²) in [6, 6.07) is 9.19. The van der Waals surface area contributed by atoms with Gasteiger partial charge in [-0.25, -0.2) is 8.78 Å². The van der Waals surface area contributed by atoms with Crippen molar-refractivity contribution in [3.05, 3.63) is 65.5 Å². The molecule has 5 aliphatic rings. The highest BCUT2D eigenvalue weighted by Gasteiger charge is 2.66. The van der Waals surface area contributed by atoms with Crippen molar-refractivity contribution in [2.45, 2.75) is 87.9 Å². The van der Waals surface area contributed by atoms with Gasteiger partial charge < -0.3 is 4.74 Å². The van der Waals surface area contributed by atoms with E-state index in [1.54, 1.807) is 0 Å². The molecule has 7 rings (SSSR count). The van der Waals surface area contributed by atoms with E-state index in [0.29, 0.717) is 11.8 Å². The number of halogens is 2. The van der Waals surface area contributed by atoms with Crippen molar-refractivity contribution in [2.75, 3.05) is 13.6 Å². The fourth-order valence-electron chi connectivity index (χ4n) is 8.99. The molecule has 0 amide bonds. The molecule has 3 fully saturated rings. The van der Waals surface area contributed by atoms with Crippen LogP contribution in [-0.4, -0.2) is 47.1 Å². The van der Waals surface area contributed by atoms with Crippen LogP contribution in [0.15, 0.2) is 60.0 Å². The third kappa shape index (κ3) is 3.18. The third-order valence-electron chi connectivity index (χ3n) is 10.8. The number of pyridine rings is 1. The van der Waals surface area contributed by atoms with Crippen molar-refractivity contribution in [3.63, 3.8) is 0 Å². The standard InChI is InChI=1S/C31H36F2N2O/c1-29-11-9-24-16-23-5-6-25(35(2)19-28(32)33)17-30(23)12-13-31(24,36-30)27(29)8-7-26(29)21-4-3-20-10-14-34-18-22(20)15-21/h3-4,9-10,14-16,18,25-28H,5-8,11-13,17,19H2,1-2H3/t25-,26?,27+,29?,30+,31+/m0/s1. The van der Waals surface area contributed by atoms with Crippen LogP contribution in [0.4, 0.5) is 8.78 Å². The number of nitrogens with zero attached hydrogens (tertiary/aromatic N) is 2. The first kappa shape index (κ1) is 23.0. The van der Waals surface area contributed by atoms with E-state index >= 15 is 0 Å². The summed E-state index contributed by atoms with van der Waals surface area (Å²) >= 11 is 0. The summed E-state index contributed by atoms with van der Waals surface area (Å²) < 4.78 is 33.6.